The van der Waals surface area contributed by atoms with Crippen LogP contribution >= 0.6 is 11.8 Å². The predicted octanol–water partition coefficient (Wildman–Crippen LogP) is 2.08. The van der Waals surface area contributed by atoms with Gasteiger partial charge in [-0.05, 0) is 55.2 Å². The highest BCUT2D eigenvalue weighted by Gasteiger charge is 2.33. The number of nitrogens with two attached hydrogens (primary N) is 1. The first-order chi connectivity index (χ1) is 17.2. The topological polar surface area (TPSA) is 151 Å². The van der Waals surface area contributed by atoms with Crippen molar-refractivity contribution in [3.05, 3.63) is 59.7 Å². The second-order valence-electron chi connectivity index (χ2n) is 8.59. The number of likely N-dealkylation sites (tertiary alicyclic amines) is 1. The largest absolute Gasteiger partial charge is 0.351 e. The lowest BCUT2D eigenvalue weighted by atomic mass is 10.1. The molecule has 0 aliphatic carbocycles. The molecule has 1 saturated heterocycles. The number of nitrogens with zero attached hydrogens (tertiary/aromatic N) is 2. The van der Waals surface area contributed by atoms with E-state index in [9.17, 15) is 22.8 Å². The number of benzene rings is 2. The molecule has 2 aromatic rings. The Labute approximate surface area is 213 Å². The predicted molar refractivity (Wildman–Crippen MR) is 138 cm³/mol. The summed E-state index contributed by atoms with van der Waals surface area (Å²) in [5.41, 5.74) is 1.49. The monoisotopic (exact) mass is 529 g/mol. The number of sulfonamides is 1. The maximum absolute atomic E-state index is 12.6. The fourth-order valence-corrected chi connectivity index (χ4v) is 5.56. The summed E-state index contributed by atoms with van der Waals surface area (Å²) in [5.74, 6) is -0.980. The zero-order valence-corrected chi connectivity index (χ0v) is 21.1. The number of anilines is 1. The van der Waals surface area contributed by atoms with Gasteiger partial charge in [-0.2, -0.15) is 4.99 Å². The standard InChI is InChI=1S/C24H27N5O5S2/c25-36(33,34)19-9-7-16(8-10-19)15-26-22(31)17-5-4-6-18(13-17)27-21(30)14-20-23(32)28-24(35-20)29-11-2-1-3-12-29/h4-10,13,20H,1-3,11-12,14-15H2,(H,26,31)(H,27,30)(H2,25,33,34). The van der Waals surface area contributed by atoms with E-state index in [1.54, 1.807) is 36.4 Å². The first kappa shape index (κ1) is 25.9. The molecule has 2 heterocycles. The normalized spacial score (nSPS) is 18.0. The third kappa shape index (κ3) is 6.71. The van der Waals surface area contributed by atoms with Crippen LogP contribution in [0.1, 0.15) is 41.6 Å². The number of thioether (sulfide) groups is 1. The molecule has 0 bridgehead atoms. The van der Waals surface area contributed by atoms with Crippen molar-refractivity contribution in [2.75, 3.05) is 18.4 Å². The summed E-state index contributed by atoms with van der Waals surface area (Å²) in [4.78, 5) is 43.7. The number of amides is 3. The lowest BCUT2D eigenvalue weighted by molar-refractivity contribution is -0.121. The lowest BCUT2D eigenvalue weighted by Crippen LogP contribution is -2.33. The average molecular weight is 530 g/mol. The molecule has 2 aliphatic heterocycles. The second-order valence-corrected chi connectivity index (χ2v) is 11.3. The Morgan fingerprint density at radius 2 is 1.81 bits per heavy atom. The molecule has 0 aromatic heterocycles. The number of carbonyl (C=O) groups is 3. The molecule has 1 atom stereocenters. The van der Waals surface area contributed by atoms with E-state index >= 15 is 0 Å². The van der Waals surface area contributed by atoms with Crippen LogP contribution in [0.2, 0.25) is 0 Å². The van der Waals surface area contributed by atoms with E-state index in [0.29, 0.717) is 22.0 Å². The Hall–Kier alpha value is -3.22. The third-order valence-electron chi connectivity index (χ3n) is 5.84. The lowest BCUT2D eigenvalue weighted by Gasteiger charge is -2.27. The first-order valence-corrected chi connectivity index (χ1v) is 14.0. The molecule has 1 unspecified atom stereocenters. The molecule has 4 N–H and O–H groups in total. The molecular formula is C24H27N5O5S2. The third-order valence-corrected chi connectivity index (χ3v) is 7.98. The van der Waals surface area contributed by atoms with Crippen molar-refractivity contribution in [1.29, 1.82) is 0 Å². The van der Waals surface area contributed by atoms with Gasteiger partial charge in [0.15, 0.2) is 5.17 Å². The summed E-state index contributed by atoms with van der Waals surface area (Å²) < 4.78 is 22.7. The number of amidine groups is 1. The van der Waals surface area contributed by atoms with Crippen molar-refractivity contribution >= 4 is 50.4 Å². The van der Waals surface area contributed by atoms with Gasteiger partial charge in [0.05, 0.1) is 4.90 Å². The van der Waals surface area contributed by atoms with Crippen LogP contribution in [0.4, 0.5) is 5.69 Å². The minimum Gasteiger partial charge on any atom is -0.351 e. The number of hydrogen-bond donors (Lipinski definition) is 3. The maximum Gasteiger partial charge on any atom is 0.262 e. The van der Waals surface area contributed by atoms with Crippen LogP contribution in [0.25, 0.3) is 0 Å². The summed E-state index contributed by atoms with van der Waals surface area (Å²) in [7, 11) is -3.78. The van der Waals surface area contributed by atoms with E-state index in [-0.39, 0.29) is 35.6 Å². The van der Waals surface area contributed by atoms with Crippen molar-refractivity contribution in [2.45, 2.75) is 42.4 Å². The number of hydrogen-bond acceptors (Lipinski definition) is 7. The van der Waals surface area contributed by atoms with Crippen molar-refractivity contribution in [1.82, 2.24) is 10.2 Å². The van der Waals surface area contributed by atoms with Crippen LogP contribution in [0.5, 0.6) is 0 Å². The molecule has 12 heteroatoms. The summed E-state index contributed by atoms with van der Waals surface area (Å²) in [6.07, 6.45) is 3.33. The van der Waals surface area contributed by atoms with Crippen molar-refractivity contribution < 1.29 is 22.8 Å². The van der Waals surface area contributed by atoms with Gasteiger partial charge in [-0.3, -0.25) is 14.4 Å². The van der Waals surface area contributed by atoms with Gasteiger partial charge in [-0.15, -0.1) is 0 Å². The first-order valence-electron chi connectivity index (χ1n) is 11.5. The second kappa shape index (κ2) is 11.2. The zero-order chi connectivity index (χ0) is 25.7. The van der Waals surface area contributed by atoms with Crippen LogP contribution < -0.4 is 15.8 Å². The van der Waals surface area contributed by atoms with Crippen LogP contribution in [0, 0.1) is 0 Å². The number of piperidine rings is 1. The highest BCUT2D eigenvalue weighted by atomic mass is 32.2. The molecule has 36 heavy (non-hydrogen) atoms. The Morgan fingerprint density at radius 1 is 1.08 bits per heavy atom. The molecule has 0 radical (unpaired) electrons. The summed E-state index contributed by atoms with van der Waals surface area (Å²) >= 11 is 1.34. The quantitative estimate of drug-likeness (QED) is 0.497. The summed E-state index contributed by atoms with van der Waals surface area (Å²) in [6, 6.07) is 12.4. The van der Waals surface area contributed by atoms with E-state index in [2.05, 4.69) is 20.5 Å². The maximum atomic E-state index is 12.6. The number of nitrogens with one attached hydrogen (secondary N) is 2. The van der Waals surface area contributed by atoms with Gasteiger partial charge in [0.25, 0.3) is 11.8 Å². The van der Waals surface area contributed by atoms with Crippen molar-refractivity contribution in [3.63, 3.8) is 0 Å². The highest BCUT2D eigenvalue weighted by Crippen LogP contribution is 2.29. The zero-order valence-electron chi connectivity index (χ0n) is 19.5. The fraction of sp³-hybridized carbons (Fsp3) is 0.333. The molecule has 4 rings (SSSR count). The molecule has 2 aromatic carbocycles. The summed E-state index contributed by atoms with van der Waals surface area (Å²) in [6.45, 7) is 1.95. The van der Waals surface area contributed by atoms with Crippen LogP contribution in [-0.2, 0) is 26.2 Å². The van der Waals surface area contributed by atoms with Gasteiger partial charge >= 0.3 is 0 Å². The Kier molecular flexibility index (Phi) is 8.07. The van der Waals surface area contributed by atoms with Crippen LogP contribution in [0.15, 0.2) is 58.4 Å². The fourth-order valence-electron chi connectivity index (χ4n) is 3.93. The number of aliphatic imine (C=N–C) groups is 1. The molecule has 1 fully saturated rings. The van der Waals surface area contributed by atoms with Gasteiger partial charge in [0, 0.05) is 37.3 Å². The Bertz CT molecular complexity index is 1290. The minimum atomic E-state index is -3.78. The van der Waals surface area contributed by atoms with E-state index < -0.39 is 15.3 Å². The van der Waals surface area contributed by atoms with Crippen LogP contribution in [-0.4, -0.2) is 54.5 Å². The molecule has 2 aliphatic rings. The van der Waals surface area contributed by atoms with E-state index in [0.717, 1.165) is 25.9 Å². The van der Waals surface area contributed by atoms with Gasteiger partial charge in [-0.1, -0.05) is 30.0 Å². The number of rotatable bonds is 7. The van der Waals surface area contributed by atoms with E-state index in [1.165, 1.54) is 30.3 Å². The van der Waals surface area contributed by atoms with Gasteiger partial charge in [0.1, 0.15) is 5.25 Å². The van der Waals surface area contributed by atoms with Gasteiger partial charge in [-0.25, -0.2) is 13.6 Å². The molecule has 10 nitrogen and oxygen atoms in total. The highest BCUT2D eigenvalue weighted by molar-refractivity contribution is 8.15. The molecule has 0 spiro atoms. The van der Waals surface area contributed by atoms with Crippen LogP contribution in [0.3, 0.4) is 0 Å². The van der Waals surface area contributed by atoms with Crippen molar-refractivity contribution in [2.24, 2.45) is 10.1 Å². The molecule has 0 saturated carbocycles. The summed E-state index contributed by atoms with van der Waals surface area (Å²) in [5, 5.41) is 10.8. The number of primary sulfonamides is 1. The SMILES string of the molecule is NS(=O)(=O)c1ccc(CNC(=O)c2cccc(NC(=O)CC3SC(N4CCCCC4)=NC3=O)c2)cc1. The number of carbonyl (C=O) groups excluding carboxylic acids is 3. The van der Waals surface area contributed by atoms with E-state index in [4.69, 9.17) is 5.14 Å². The van der Waals surface area contributed by atoms with Gasteiger partial charge in [0.2, 0.25) is 15.9 Å². The minimum absolute atomic E-state index is 0.00468. The van der Waals surface area contributed by atoms with Crippen molar-refractivity contribution in [3.8, 4) is 0 Å². The smallest absolute Gasteiger partial charge is 0.262 e. The molecule has 190 valence electrons. The molecular weight excluding hydrogens is 502 g/mol. The average Bonchev–Trinajstić information content (AvgIpc) is 3.22. The Morgan fingerprint density at radius 3 is 2.50 bits per heavy atom. The van der Waals surface area contributed by atoms with E-state index in [1.807, 2.05) is 0 Å². The molecule has 3 amide bonds. The van der Waals surface area contributed by atoms with Gasteiger partial charge < -0.3 is 15.5 Å². The Balaban J connectivity index is 1.29.